The molecular formula is C23H18Cl3N3O2S. The minimum Gasteiger partial charge on any atom is -0.321 e. The molecule has 164 valence electrons. The summed E-state index contributed by atoms with van der Waals surface area (Å²) >= 11 is 19.8. The Morgan fingerprint density at radius 2 is 1.81 bits per heavy atom. The molecule has 2 aromatic carbocycles. The van der Waals surface area contributed by atoms with Gasteiger partial charge in [-0.1, -0.05) is 52.5 Å². The first kappa shape index (κ1) is 22.8. The molecule has 9 heteroatoms. The highest BCUT2D eigenvalue weighted by molar-refractivity contribution is 7.20. The fraction of sp³-hybridized carbons (Fsp3) is 0.174. The van der Waals surface area contributed by atoms with Crippen LogP contribution in [0.4, 0.5) is 5.69 Å². The lowest BCUT2D eigenvalue weighted by Crippen LogP contribution is -2.21. The number of nitrogens with one attached hydrogen (secondary N) is 1. The van der Waals surface area contributed by atoms with Gasteiger partial charge in [-0.25, -0.2) is 4.98 Å². The van der Waals surface area contributed by atoms with Crippen molar-refractivity contribution in [1.82, 2.24) is 9.55 Å². The summed E-state index contributed by atoms with van der Waals surface area (Å²) in [5.74, 6) is -0.274. The molecule has 4 aromatic rings. The van der Waals surface area contributed by atoms with Crippen LogP contribution in [0.1, 0.15) is 31.9 Å². The molecule has 32 heavy (non-hydrogen) atoms. The lowest BCUT2D eigenvalue weighted by Gasteiger charge is -2.10. The average Bonchev–Trinajstić information content (AvgIpc) is 3.09. The Labute approximate surface area is 203 Å². The molecular weight excluding hydrogens is 489 g/mol. The summed E-state index contributed by atoms with van der Waals surface area (Å²) in [6.45, 7) is 5.80. The number of hydrogen-bond donors (Lipinski definition) is 1. The quantitative estimate of drug-likeness (QED) is 0.315. The maximum Gasteiger partial charge on any atom is 0.266 e. The second-order valence-electron chi connectivity index (χ2n) is 7.51. The van der Waals surface area contributed by atoms with E-state index >= 15 is 0 Å². The van der Waals surface area contributed by atoms with Gasteiger partial charge in [-0.3, -0.25) is 14.2 Å². The maximum absolute atomic E-state index is 13.2. The van der Waals surface area contributed by atoms with Gasteiger partial charge in [0.2, 0.25) is 0 Å². The molecule has 0 aliphatic heterocycles. The van der Waals surface area contributed by atoms with Crippen LogP contribution in [0, 0.1) is 20.8 Å². The number of thiophene rings is 1. The molecule has 0 saturated carbocycles. The van der Waals surface area contributed by atoms with Crippen molar-refractivity contribution in [2.24, 2.45) is 0 Å². The second kappa shape index (κ2) is 8.87. The number of amides is 1. The molecule has 0 unspecified atom stereocenters. The lowest BCUT2D eigenvalue weighted by molar-refractivity contribution is 0.103. The monoisotopic (exact) mass is 505 g/mol. The van der Waals surface area contributed by atoms with E-state index in [0.29, 0.717) is 41.3 Å². The van der Waals surface area contributed by atoms with E-state index in [0.717, 1.165) is 16.8 Å². The predicted octanol–water partition coefficient (Wildman–Crippen LogP) is 6.64. The zero-order valence-electron chi connectivity index (χ0n) is 17.4. The molecule has 2 heterocycles. The van der Waals surface area contributed by atoms with Crippen LogP contribution >= 0.6 is 46.1 Å². The summed E-state index contributed by atoms with van der Waals surface area (Å²) < 4.78 is 1.41. The smallest absolute Gasteiger partial charge is 0.266 e. The predicted molar refractivity (Wildman–Crippen MR) is 133 cm³/mol. The van der Waals surface area contributed by atoms with E-state index in [1.807, 2.05) is 32.0 Å². The van der Waals surface area contributed by atoms with Gasteiger partial charge in [-0.15, -0.1) is 11.3 Å². The van der Waals surface area contributed by atoms with Gasteiger partial charge in [-0.05, 0) is 50.1 Å². The SMILES string of the molecule is Cc1ccc(NC(=O)c2sc3ncn(Cc4c(Cl)ccc(Cl)c4Cl)c(=O)c3c2C)c(C)c1. The van der Waals surface area contributed by atoms with Gasteiger partial charge in [0.25, 0.3) is 11.5 Å². The Hall–Kier alpha value is -2.38. The largest absolute Gasteiger partial charge is 0.321 e. The topological polar surface area (TPSA) is 64.0 Å². The molecule has 0 bridgehead atoms. The van der Waals surface area contributed by atoms with Crippen LogP contribution in [0.25, 0.3) is 10.2 Å². The number of halogens is 3. The maximum atomic E-state index is 13.2. The molecule has 2 aromatic heterocycles. The minimum absolute atomic E-state index is 0.110. The fourth-order valence-electron chi connectivity index (χ4n) is 3.51. The van der Waals surface area contributed by atoms with Gasteiger partial charge < -0.3 is 5.32 Å². The van der Waals surface area contributed by atoms with Gasteiger partial charge in [-0.2, -0.15) is 0 Å². The van der Waals surface area contributed by atoms with Crippen molar-refractivity contribution in [3.63, 3.8) is 0 Å². The molecule has 4 rings (SSSR count). The summed E-state index contributed by atoms with van der Waals surface area (Å²) in [5, 5.41) is 4.39. The Balaban J connectivity index is 1.72. The first-order valence-electron chi connectivity index (χ1n) is 9.67. The van der Waals surface area contributed by atoms with Crippen LogP contribution in [0.2, 0.25) is 15.1 Å². The third kappa shape index (κ3) is 4.16. The molecule has 1 amide bonds. The van der Waals surface area contributed by atoms with Crippen molar-refractivity contribution in [2.75, 3.05) is 5.32 Å². The van der Waals surface area contributed by atoms with E-state index in [2.05, 4.69) is 10.3 Å². The molecule has 5 nitrogen and oxygen atoms in total. The van der Waals surface area contributed by atoms with Crippen molar-refractivity contribution < 1.29 is 4.79 Å². The molecule has 0 aliphatic rings. The van der Waals surface area contributed by atoms with Crippen molar-refractivity contribution in [1.29, 1.82) is 0 Å². The summed E-state index contributed by atoms with van der Waals surface area (Å²) in [7, 11) is 0. The molecule has 0 saturated heterocycles. The van der Waals surface area contributed by atoms with E-state index in [9.17, 15) is 9.59 Å². The molecule has 0 spiro atoms. The van der Waals surface area contributed by atoms with Gasteiger partial charge in [0.05, 0.1) is 33.2 Å². The highest BCUT2D eigenvalue weighted by Gasteiger charge is 2.21. The van der Waals surface area contributed by atoms with Crippen molar-refractivity contribution >= 4 is 68.0 Å². The van der Waals surface area contributed by atoms with Crippen molar-refractivity contribution in [3.05, 3.63) is 89.2 Å². The van der Waals surface area contributed by atoms with Gasteiger partial charge in [0.1, 0.15) is 4.83 Å². The summed E-state index contributed by atoms with van der Waals surface area (Å²) in [6.07, 6.45) is 1.43. The molecule has 0 fully saturated rings. The first-order chi connectivity index (χ1) is 15.2. The van der Waals surface area contributed by atoms with Crippen LogP contribution in [-0.4, -0.2) is 15.5 Å². The van der Waals surface area contributed by atoms with E-state index in [-0.39, 0.29) is 18.0 Å². The fourth-order valence-corrected chi connectivity index (χ4v) is 5.21. The number of aromatic nitrogens is 2. The Bertz CT molecular complexity index is 1440. The third-order valence-electron chi connectivity index (χ3n) is 5.22. The number of hydrogen-bond acceptors (Lipinski definition) is 4. The third-order valence-corrected chi connectivity index (χ3v) is 7.62. The normalized spacial score (nSPS) is 11.2. The van der Waals surface area contributed by atoms with Crippen LogP contribution < -0.4 is 10.9 Å². The first-order valence-corrected chi connectivity index (χ1v) is 11.6. The Morgan fingerprint density at radius 3 is 2.53 bits per heavy atom. The number of aryl methyl sites for hydroxylation is 3. The Kier molecular flexibility index (Phi) is 6.32. The molecule has 1 N–H and O–H groups in total. The van der Waals surface area contributed by atoms with Crippen LogP contribution in [0.5, 0.6) is 0 Å². The molecule has 0 aliphatic carbocycles. The minimum atomic E-state index is -0.276. The van der Waals surface area contributed by atoms with Crippen molar-refractivity contribution in [3.8, 4) is 0 Å². The zero-order chi connectivity index (χ0) is 23.2. The second-order valence-corrected chi connectivity index (χ2v) is 9.70. The van der Waals surface area contributed by atoms with Crippen LogP contribution in [0.3, 0.4) is 0 Å². The summed E-state index contributed by atoms with van der Waals surface area (Å²) in [5.41, 5.74) is 3.65. The summed E-state index contributed by atoms with van der Waals surface area (Å²) in [6, 6.07) is 9.04. The zero-order valence-corrected chi connectivity index (χ0v) is 20.5. The number of benzene rings is 2. The number of carbonyl (C=O) groups excluding carboxylic acids is 1. The van der Waals surface area contributed by atoms with E-state index < -0.39 is 0 Å². The average molecular weight is 507 g/mol. The van der Waals surface area contributed by atoms with Crippen molar-refractivity contribution in [2.45, 2.75) is 27.3 Å². The van der Waals surface area contributed by atoms with E-state index in [1.165, 1.54) is 22.2 Å². The molecule has 0 radical (unpaired) electrons. The Morgan fingerprint density at radius 1 is 1.09 bits per heavy atom. The van der Waals surface area contributed by atoms with Gasteiger partial charge in [0, 0.05) is 16.3 Å². The van der Waals surface area contributed by atoms with Gasteiger partial charge >= 0.3 is 0 Å². The number of anilines is 1. The molecule has 0 atom stereocenters. The number of rotatable bonds is 4. The highest BCUT2D eigenvalue weighted by atomic mass is 35.5. The van der Waals surface area contributed by atoms with Crippen LogP contribution in [-0.2, 0) is 6.54 Å². The lowest BCUT2D eigenvalue weighted by atomic mass is 10.1. The van der Waals surface area contributed by atoms with E-state index in [4.69, 9.17) is 34.8 Å². The standard InChI is InChI=1S/C23H18Cl3N3O2S/c1-11-4-7-17(12(2)8-11)28-21(30)20-13(3)18-22(32-20)27-10-29(23(18)31)9-14-15(24)5-6-16(25)19(14)26/h4-8,10H,9H2,1-3H3,(H,28,30). The summed E-state index contributed by atoms with van der Waals surface area (Å²) in [4.78, 5) is 31.5. The van der Waals surface area contributed by atoms with E-state index in [1.54, 1.807) is 19.1 Å². The number of nitrogens with zero attached hydrogens (tertiary/aromatic N) is 2. The van der Waals surface area contributed by atoms with Crippen LogP contribution in [0.15, 0.2) is 41.5 Å². The van der Waals surface area contributed by atoms with Gasteiger partial charge in [0.15, 0.2) is 0 Å². The highest BCUT2D eigenvalue weighted by Crippen LogP contribution is 2.32. The number of fused-ring (bicyclic) bond motifs is 1. The number of carbonyl (C=O) groups is 1.